The Labute approximate surface area is 276 Å². The molecule has 0 radical (unpaired) electrons. The van der Waals surface area contributed by atoms with Crippen molar-refractivity contribution in [3.8, 4) is 33.4 Å². The van der Waals surface area contributed by atoms with E-state index in [4.69, 9.17) is 0 Å². The Morgan fingerprint density at radius 3 is 1.91 bits per heavy atom. The number of benzene rings is 6. The standard InChI is InChI=1S/C47H34/c1-47(2)44-27-34(20-22-39(44)40-23-21-35(28-45(40)47)33-19-16-29-8-3-4-9-32(29)26-33)30-14-17-31(18-15-30)36-24-25-43-38-11-6-5-10-37(38)42-13-7-12-41(36)46(42)43/h3-28,43,46H,1-2H3. The van der Waals surface area contributed by atoms with Crippen LogP contribution < -0.4 is 0 Å². The Morgan fingerprint density at radius 2 is 1.13 bits per heavy atom. The van der Waals surface area contributed by atoms with E-state index in [1.54, 1.807) is 0 Å². The van der Waals surface area contributed by atoms with Gasteiger partial charge in [-0.2, -0.15) is 0 Å². The van der Waals surface area contributed by atoms with Gasteiger partial charge in [-0.3, -0.25) is 0 Å². The van der Waals surface area contributed by atoms with Crippen molar-refractivity contribution >= 4 is 21.9 Å². The van der Waals surface area contributed by atoms with Crippen molar-refractivity contribution in [3.05, 3.63) is 191 Å². The van der Waals surface area contributed by atoms with Crippen molar-refractivity contribution < 1.29 is 0 Å². The number of hydrogen-bond donors (Lipinski definition) is 0. The van der Waals surface area contributed by atoms with Gasteiger partial charge >= 0.3 is 0 Å². The van der Waals surface area contributed by atoms with Crippen LogP contribution in [0.5, 0.6) is 0 Å². The van der Waals surface area contributed by atoms with Gasteiger partial charge in [0.25, 0.3) is 0 Å². The van der Waals surface area contributed by atoms with E-state index >= 15 is 0 Å². The SMILES string of the molecule is CC1(C)c2cc(-c3ccc(C4=C5C=CC=C6c7ccccc7C(C=C4)C65)cc3)ccc2-c2ccc(-c3ccc4ccccc4c3)cc21. The molecule has 0 heterocycles. The Hall–Kier alpha value is -5.46. The molecule has 4 aliphatic rings. The summed E-state index contributed by atoms with van der Waals surface area (Å²) in [6.45, 7) is 4.76. The second kappa shape index (κ2) is 9.77. The molecular formula is C47H34. The first-order valence-corrected chi connectivity index (χ1v) is 16.8. The summed E-state index contributed by atoms with van der Waals surface area (Å²) in [6.07, 6.45) is 11.7. The van der Waals surface area contributed by atoms with Gasteiger partial charge < -0.3 is 0 Å². The predicted octanol–water partition coefficient (Wildman–Crippen LogP) is 12.2. The molecule has 0 saturated carbocycles. The maximum absolute atomic E-state index is 2.43. The Morgan fingerprint density at radius 1 is 0.511 bits per heavy atom. The third-order valence-corrected chi connectivity index (χ3v) is 11.3. The molecular weight excluding hydrogens is 565 g/mol. The smallest absolute Gasteiger partial charge is 0.0205 e. The molecule has 6 aromatic rings. The molecule has 0 nitrogen and oxygen atoms in total. The number of rotatable bonds is 3. The molecule has 0 fully saturated rings. The normalized spacial score (nSPS) is 19.3. The summed E-state index contributed by atoms with van der Waals surface area (Å²) in [4.78, 5) is 0. The van der Waals surface area contributed by atoms with E-state index in [1.807, 2.05) is 0 Å². The molecule has 47 heavy (non-hydrogen) atoms. The van der Waals surface area contributed by atoms with Crippen LogP contribution in [0.3, 0.4) is 0 Å². The average molecular weight is 599 g/mol. The second-order valence-corrected chi connectivity index (χ2v) is 14.1. The third-order valence-electron chi connectivity index (χ3n) is 11.3. The summed E-state index contributed by atoms with van der Waals surface area (Å²) in [5, 5.41) is 2.56. The summed E-state index contributed by atoms with van der Waals surface area (Å²) in [6, 6.07) is 47.8. The highest BCUT2D eigenvalue weighted by Crippen LogP contribution is 2.55. The largest absolute Gasteiger partial charge is 0.0754 e. The van der Waals surface area contributed by atoms with Gasteiger partial charge in [0.1, 0.15) is 0 Å². The zero-order valence-corrected chi connectivity index (χ0v) is 26.7. The molecule has 2 atom stereocenters. The van der Waals surface area contributed by atoms with Crippen LogP contribution in [-0.2, 0) is 5.41 Å². The average Bonchev–Trinajstić information content (AvgIpc) is 3.57. The fourth-order valence-corrected chi connectivity index (χ4v) is 8.84. The van der Waals surface area contributed by atoms with Gasteiger partial charge in [0.2, 0.25) is 0 Å². The Bertz CT molecular complexity index is 2420. The molecule has 0 bridgehead atoms. The first-order chi connectivity index (χ1) is 23.0. The molecule has 10 rings (SSSR count). The highest BCUT2D eigenvalue weighted by Gasteiger charge is 2.40. The van der Waals surface area contributed by atoms with E-state index in [2.05, 4.69) is 172 Å². The molecule has 0 aliphatic heterocycles. The van der Waals surface area contributed by atoms with Crippen molar-refractivity contribution in [2.24, 2.45) is 5.92 Å². The fourth-order valence-electron chi connectivity index (χ4n) is 8.84. The molecule has 222 valence electrons. The lowest BCUT2D eigenvalue weighted by Gasteiger charge is -2.29. The van der Waals surface area contributed by atoms with Crippen molar-refractivity contribution in [1.29, 1.82) is 0 Å². The highest BCUT2D eigenvalue weighted by atomic mass is 14.4. The van der Waals surface area contributed by atoms with Crippen LogP contribution in [0.15, 0.2) is 163 Å². The van der Waals surface area contributed by atoms with Crippen molar-refractivity contribution in [2.45, 2.75) is 25.2 Å². The minimum atomic E-state index is -0.0825. The molecule has 0 saturated heterocycles. The fraction of sp³-hybridized carbons (Fsp3) is 0.106. The van der Waals surface area contributed by atoms with Crippen molar-refractivity contribution in [2.75, 3.05) is 0 Å². The quantitative estimate of drug-likeness (QED) is 0.190. The van der Waals surface area contributed by atoms with E-state index < -0.39 is 0 Å². The summed E-state index contributed by atoms with van der Waals surface area (Å²) in [5.74, 6) is 0.849. The van der Waals surface area contributed by atoms with E-state index in [-0.39, 0.29) is 5.41 Å². The lowest BCUT2D eigenvalue weighted by Crippen LogP contribution is -2.15. The summed E-state index contributed by atoms with van der Waals surface area (Å²) < 4.78 is 0. The Kier molecular flexibility index (Phi) is 5.56. The van der Waals surface area contributed by atoms with Crippen LogP contribution in [-0.4, -0.2) is 0 Å². The van der Waals surface area contributed by atoms with Crippen LogP contribution in [0, 0.1) is 5.92 Å². The van der Waals surface area contributed by atoms with Crippen LogP contribution in [0.2, 0.25) is 0 Å². The van der Waals surface area contributed by atoms with Crippen LogP contribution in [0.25, 0.3) is 55.3 Å². The summed E-state index contributed by atoms with van der Waals surface area (Å²) >= 11 is 0. The van der Waals surface area contributed by atoms with Crippen LogP contribution >= 0.6 is 0 Å². The predicted molar refractivity (Wildman–Crippen MR) is 198 cm³/mol. The first-order valence-electron chi connectivity index (χ1n) is 16.8. The summed E-state index contributed by atoms with van der Waals surface area (Å²) in [5.41, 5.74) is 18.9. The molecule has 2 unspecified atom stereocenters. The maximum atomic E-state index is 2.43. The van der Waals surface area contributed by atoms with Gasteiger partial charge in [0, 0.05) is 17.3 Å². The second-order valence-electron chi connectivity index (χ2n) is 14.1. The third kappa shape index (κ3) is 3.88. The van der Waals surface area contributed by atoms with Gasteiger partial charge in [-0.15, -0.1) is 0 Å². The van der Waals surface area contributed by atoms with Crippen LogP contribution in [0.1, 0.15) is 47.6 Å². The Balaban J connectivity index is 0.974. The van der Waals surface area contributed by atoms with Crippen molar-refractivity contribution in [3.63, 3.8) is 0 Å². The van der Waals surface area contributed by atoms with E-state index in [1.165, 1.54) is 88.7 Å². The molecule has 0 N–H and O–H groups in total. The van der Waals surface area contributed by atoms with Gasteiger partial charge in [-0.25, -0.2) is 0 Å². The molecule has 6 aromatic carbocycles. The highest BCUT2D eigenvalue weighted by molar-refractivity contribution is 5.92. The summed E-state index contributed by atoms with van der Waals surface area (Å²) in [7, 11) is 0. The number of fused-ring (bicyclic) bond motifs is 7. The number of hydrogen-bond acceptors (Lipinski definition) is 0. The lowest BCUT2D eigenvalue weighted by molar-refractivity contribution is 0.661. The van der Waals surface area contributed by atoms with Crippen molar-refractivity contribution in [1.82, 2.24) is 0 Å². The molecule has 0 amide bonds. The van der Waals surface area contributed by atoms with Gasteiger partial charge in [-0.05, 0) is 107 Å². The lowest BCUT2D eigenvalue weighted by atomic mass is 9.74. The maximum Gasteiger partial charge on any atom is 0.0205 e. The van der Waals surface area contributed by atoms with Gasteiger partial charge in [-0.1, -0.05) is 153 Å². The van der Waals surface area contributed by atoms with Gasteiger partial charge in [0.05, 0.1) is 0 Å². The number of allylic oxidation sites excluding steroid dienone is 8. The first kappa shape index (κ1) is 26.7. The van der Waals surface area contributed by atoms with E-state index in [9.17, 15) is 0 Å². The van der Waals surface area contributed by atoms with E-state index in [0.29, 0.717) is 11.8 Å². The van der Waals surface area contributed by atoms with Gasteiger partial charge in [0.15, 0.2) is 0 Å². The molecule has 4 aliphatic carbocycles. The monoisotopic (exact) mass is 598 g/mol. The molecule has 0 spiro atoms. The molecule has 0 heteroatoms. The zero-order valence-electron chi connectivity index (χ0n) is 26.7. The minimum Gasteiger partial charge on any atom is -0.0754 e. The van der Waals surface area contributed by atoms with E-state index in [0.717, 1.165) is 0 Å². The molecule has 0 aromatic heterocycles. The minimum absolute atomic E-state index is 0.0825. The zero-order chi connectivity index (χ0) is 31.3. The van der Waals surface area contributed by atoms with Crippen LogP contribution in [0.4, 0.5) is 0 Å². The topological polar surface area (TPSA) is 0 Å².